The van der Waals surface area contributed by atoms with Gasteiger partial charge in [0.05, 0.1) is 15.9 Å². The third kappa shape index (κ3) is 2.89. The van der Waals surface area contributed by atoms with Crippen molar-refractivity contribution in [2.45, 2.75) is 17.2 Å². The van der Waals surface area contributed by atoms with Gasteiger partial charge in [0.1, 0.15) is 0 Å². The van der Waals surface area contributed by atoms with Crippen molar-refractivity contribution in [3.05, 3.63) is 74.8 Å². The Morgan fingerprint density at radius 3 is 2.21 bits per heavy atom. The molecule has 0 N–H and O–H groups in total. The molecule has 146 valence electrons. The molecular formula is C20H21N3O4S. The van der Waals surface area contributed by atoms with Gasteiger partial charge in [-0.25, -0.2) is 8.42 Å². The van der Waals surface area contributed by atoms with E-state index >= 15 is 0 Å². The van der Waals surface area contributed by atoms with Crippen LogP contribution in [0.15, 0.2) is 63.0 Å². The van der Waals surface area contributed by atoms with E-state index in [1.54, 1.807) is 6.07 Å². The van der Waals surface area contributed by atoms with Gasteiger partial charge in [0.25, 0.3) is 0 Å². The molecule has 0 aliphatic carbocycles. The molecule has 7 nitrogen and oxygen atoms in total. The van der Waals surface area contributed by atoms with Gasteiger partial charge >= 0.3 is 11.1 Å². The molecule has 28 heavy (non-hydrogen) atoms. The first-order valence-corrected chi connectivity index (χ1v) is 10.5. The molecule has 1 aliphatic heterocycles. The molecule has 0 radical (unpaired) electrons. The summed E-state index contributed by atoms with van der Waals surface area (Å²) in [5, 5.41) is 0. The lowest BCUT2D eigenvalue weighted by molar-refractivity contribution is 0.473. The number of hydrogen-bond acceptors (Lipinski definition) is 4. The Morgan fingerprint density at radius 1 is 0.893 bits per heavy atom. The van der Waals surface area contributed by atoms with Crippen LogP contribution >= 0.6 is 0 Å². The number of rotatable bonds is 3. The van der Waals surface area contributed by atoms with Crippen LogP contribution in [0, 0.1) is 0 Å². The Labute approximate surface area is 162 Å². The zero-order chi connectivity index (χ0) is 20.1. The van der Waals surface area contributed by atoms with Crippen molar-refractivity contribution in [3.63, 3.8) is 0 Å². The summed E-state index contributed by atoms with van der Waals surface area (Å²) >= 11 is 0. The number of nitrogens with zero attached hydrogens (tertiary/aromatic N) is 3. The molecule has 2 heterocycles. The lowest BCUT2D eigenvalue weighted by Gasteiger charge is -2.18. The summed E-state index contributed by atoms with van der Waals surface area (Å²) < 4.78 is 30.3. The van der Waals surface area contributed by atoms with Crippen LogP contribution in [0.25, 0.3) is 11.0 Å². The lowest BCUT2D eigenvalue weighted by Crippen LogP contribution is -2.39. The molecule has 1 saturated heterocycles. The molecule has 3 aromatic rings. The minimum atomic E-state index is -3.69. The van der Waals surface area contributed by atoms with Gasteiger partial charge in [0.15, 0.2) is 0 Å². The van der Waals surface area contributed by atoms with Gasteiger partial charge in [-0.3, -0.25) is 9.59 Å². The second-order valence-electron chi connectivity index (χ2n) is 7.14. The third-order valence-corrected chi connectivity index (χ3v) is 7.38. The highest BCUT2D eigenvalue weighted by Gasteiger charge is 2.33. The zero-order valence-electron chi connectivity index (χ0n) is 15.7. The predicted molar refractivity (Wildman–Crippen MR) is 107 cm³/mol. The van der Waals surface area contributed by atoms with Crippen LogP contribution in [-0.4, -0.2) is 34.9 Å². The van der Waals surface area contributed by atoms with Crippen LogP contribution in [0.5, 0.6) is 0 Å². The maximum Gasteiger partial charge on any atom is 0.316 e. The summed E-state index contributed by atoms with van der Waals surface area (Å²) in [6, 6.07) is 14.5. The Morgan fingerprint density at radius 2 is 1.54 bits per heavy atom. The maximum absolute atomic E-state index is 13.2. The molecule has 0 amide bonds. The molecule has 1 fully saturated rings. The predicted octanol–water partition coefficient (Wildman–Crippen LogP) is 1.42. The molecule has 8 heteroatoms. The summed E-state index contributed by atoms with van der Waals surface area (Å²) in [7, 11) is -0.712. The minimum absolute atomic E-state index is 0.127. The van der Waals surface area contributed by atoms with Gasteiger partial charge < -0.3 is 9.13 Å². The highest BCUT2D eigenvalue weighted by molar-refractivity contribution is 7.89. The van der Waals surface area contributed by atoms with Crippen LogP contribution in [0.4, 0.5) is 0 Å². The first-order chi connectivity index (χ1) is 13.3. The molecule has 0 unspecified atom stereocenters. The smallest absolute Gasteiger partial charge is 0.305 e. The van der Waals surface area contributed by atoms with E-state index in [4.69, 9.17) is 0 Å². The molecule has 4 rings (SSSR count). The van der Waals surface area contributed by atoms with Gasteiger partial charge in [0.2, 0.25) is 10.0 Å². The topological polar surface area (TPSA) is 81.4 Å². The Kier molecular flexibility index (Phi) is 4.47. The number of aromatic nitrogens is 2. The minimum Gasteiger partial charge on any atom is -0.305 e. The second-order valence-corrected chi connectivity index (χ2v) is 9.08. The van der Waals surface area contributed by atoms with Gasteiger partial charge in [0, 0.05) is 27.2 Å². The van der Waals surface area contributed by atoms with Gasteiger partial charge in [-0.05, 0) is 36.1 Å². The largest absolute Gasteiger partial charge is 0.316 e. The van der Waals surface area contributed by atoms with Crippen LogP contribution in [0.2, 0.25) is 0 Å². The number of aryl methyl sites for hydroxylation is 2. The third-order valence-electron chi connectivity index (χ3n) is 5.52. The maximum atomic E-state index is 13.2. The fourth-order valence-electron chi connectivity index (χ4n) is 3.81. The molecular weight excluding hydrogens is 378 g/mol. The molecule has 0 saturated carbocycles. The average Bonchev–Trinajstić information content (AvgIpc) is 3.22. The molecule has 0 bridgehead atoms. The molecule has 1 aliphatic rings. The summed E-state index contributed by atoms with van der Waals surface area (Å²) in [6.07, 6.45) is 0.768. The SMILES string of the molecule is Cn1c(=O)c(=O)n(C)c2cc(S(=O)(=O)N3CC[C@H](c4ccccc4)C3)ccc21. The van der Waals surface area contributed by atoms with E-state index in [0.29, 0.717) is 24.1 Å². The highest BCUT2D eigenvalue weighted by Crippen LogP contribution is 2.31. The fraction of sp³-hybridized carbons (Fsp3) is 0.300. The monoisotopic (exact) mass is 399 g/mol. The molecule has 1 aromatic heterocycles. The number of fused-ring (bicyclic) bond motifs is 1. The number of benzene rings is 2. The van der Waals surface area contributed by atoms with Crippen molar-refractivity contribution in [2.75, 3.05) is 13.1 Å². The summed E-state index contributed by atoms with van der Waals surface area (Å²) in [6.45, 7) is 0.878. The van der Waals surface area contributed by atoms with Crippen molar-refractivity contribution in [3.8, 4) is 0 Å². The quantitative estimate of drug-likeness (QED) is 0.624. The standard InChI is InChI=1S/C20H21N3O4S/c1-21-17-9-8-16(12-18(17)22(2)20(25)19(21)24)28(26,27)23-11-10-15(13-23)14-6-4-3-5-7-14/h3-9,12,15H,10-11,13H2,1-2H3/t15-/m0/s1. The lowest BCUT2D eigenvalue weighted by atomic mass is 9.99. The van der Waals surface area contributed by atoms with Crippen LogP contribution < -0.4 is 11.1 Å². The number of sulfonamides is 1. The van der Waals surface area contributed by atoms with E-state index in [-0.39, 0.29) is 10.8 Å². The molecule has 2 aromatic carbocycles. The molecule has 0 spiro atoms. The van der Waals surface area contributed by atoms with Crippen molar-refractivity contribution in [1.29, 1.82) is 0 Å². The van der Waals surface area contributed by atoms with Gasteiger partial charge in [-0.15, -0.1) is 0 Å². The normalized spacial score (nSPS) is 18.0. The van der Waals surface area contributed by atoms with E-state index in [0.717, 1.165) is 12.0 Å². The summed E-state index contributed by atoms with van der Waals surface area (Å²) in [5.74, 6) is 0.168. The van der Waals surface area contributed by atoms with Gasteiger partial charge in [-0.2, -0.15) is 4.31 Å². The fourth-order valence-corrected chi connectivity index (χ4v) is 5.34. The average molecular weight is 399 g/mol. The van der Waals surface area contributed by atoms with E-state index in [1.165, 1.54) is 39.7 Å². The van der Waals surface area contributed by atoms with Crippen LogP contribution in [0.3, 0.4) is 0 Å². The number of hydrogen-bond donors (Lipinski definition) is 0. The van der Waals surface area contributed by atoms with Crippen molar-refractivity contribution >= 4 is 21.1 Å². The Hall–Kier alpha value is -2.71. The van der Waals surface area contributed by atoms with Crippen LogP contribution in [0.1, 0.15) is 17.9 Å². The van der Waals surface area contributed by atoms with E-state index in [9.17, 15) is 18.0 Å². The Bertz CT molecular complexity index is 1280. The van der Waals surface area contributed by atoms with Crippen LogP contribution in [-0.2, 0) is 24.1 Å². The second kappa shape index (κ2) is 6.72. The first-order valence-electron chi connectivity index (χ1n) is 9.05. The van der Waals surface area contributed by atoms with Crippen molar-refractivity contribution < 1.29 is 8.42 Å². The first kappa shape index (κ1) is 18.6. The van der Waals surface area contributed by atoms with E-state index < -0.39 is 21.1 Å². The van der Waals surface area contributed by atoms with Crippen molar-refractivity contribution in [1.82, 2.24) is 13.4 Å². The van der Waals surface area contributed by atoms with Crippen molar-refractivity contribution in [2.24, 2.45) is 14.1 Å². The summed E-state index contributed by atoms with van der Waals surface area (Å²) in [5.41, 5.74) is 0.725. The van der Waals surface area contributed by atoms with E-state index in [2.05, 4.69) is 0 Å². The Balaban J connectivity index is 1.73. The van der Waals surface area contributed by atoms with Gasteiger partial charge in [-0.1, -0.05) is 30.3 Å². The van der Waals surface area contributed by atoms with E-state index in [1.807, 2.05) is 30.3 Å². The summed E-state index contributed by atoms with van der Waals surface area (Å²) in [4.78, 5) is 24.2. The zero-order valence-corrected chi connectivity index (χ0v) is 16.5. The molecule has 1 atom stereocenters. The highest BCUT2D eigenvalue weighted by atomic mass is 32.2.